The summed E-state index contributed by atoms with van der Waals surface area (Å²) in [7, 11) is -4.30. The number of anilines is 1. The first-order chi connectivity index (χ1) is 10.4. The first-order valence-electron chi connectivity index (χ1n) is 6.69. The number of aliphatic hydroxyl groups excluding tert-OH is 1. The summed E-state index contributed by atoms with van der Waals surface area (Å²) in [5.74, 6) is 0. The van der Waals surface area contributed by atoms with Crippen molar-refractivity contribution in [1.29, 1.82) is 0 Å². The number of hydrogen-bond acceptors (Lipinski definition) is 7. The smallest absolute Gasteiger partial charge is 0.294 e. The fourth-order valence-electron chi connectivity index (χ4n) is 2.54. The van der Waals surface area contributed by atoms with Crippen LogP contribution in [0.4, 0.5) is 5.69 Å². The van der Waals surface area contributed by atoms with Gasteiger partial charge in [0.15, 0.2) is 0 Å². The number of aliphatic hydroxyl groups is 1. The van der Waals surface area contributed by atoms with Crippen molar-refractivity contribution < 1.29 is 22.7 Å². The lowest BCUT2D eigenvalue weighted by Gasteiger charge is -2.33. The third kappa shape index (κ3) is 2.70. The molecule has 0 spiro atoms. The molecule has 8 nitrogen and oxygen atoms in total. The maximum atomic E-state index is 11.2. The van der Waals surface area contributed by atoms with Crippen LogP contribution in [0.25, 0.3) is 0 Å². The highest BCUT2D eigenvalue weighted by Gasteiger charge is 2.26. The summed E-state index contributed by atoms with van der Waals surface area (Å²) in [4.78, 5) is 1.73. The predicted octanol–water partition coefficient (Wildman–Crippen LogP) is 1.07. The summed E-state index contributed by atoms with van der Waals surface area (Å²) >= 11 is 0. The van der Waals surface area contributed by atoms with E-state index in [1.54, 1.807) is 13.0 Å². The van der Waals surface area contributed by atoms with E-state index in [2.05, 4.69) is 14.9 Å². The molecule has 0 bridgehead atoms. The number of benzene rings is 1. The maximum absolute atomic E-state index is 11.2. The minimum Gasteiger partial charge on any atom is -0.388 e. The molecule has 1 aliphatic heterocycles. The molecule has 2 aromatic rings. The number of fused-ring (bicyclic) bond motifs is 1. The van der Waals surface area contributed by atoms with E-state index in [-0.39, 0.29) is 4.90 Å². The highest BCUT2D eigenvalue weighted by Crippen LogP contribution is 2.36. The number of hydrogen-bond donors (Lipinski definition) is 2. The zero-order valence-electron chi connectivity index (χ0n) is 11.8. The Morgan fingerprint density at radius 3 is 2.82 bits per heavy atom. The van der Waals surface area contributed by atoms with Crippen molar-refractivity contribution >= 4 is 15.8 Å². The fraction of sp³-hybridized carbons (Fsp3) is 0.385. The van der Waals surface area contributed by atoms with E-state index in [1.807, 2.05) is 4.90 Å². The van der Waals surface area contributed by atoms with Gasteiger partial charge in [-0.3, -0.25) is 4.55 Å². The van der Waals surface area contributed by atoms with Crippen LogP contribution in [-0.2, 0) is 16.7 Å². The van der Waals surface area contributed by atoms with E-state index in [9.17, 15) is 13.5 Å². The molecular formula is C13H15N3O5S. The fourth-order valence-corrected chi connectivity index (χ4v) is 3.06. The normalized spacial score (nSPS) is 18.3. The van der Waals surface area contributed by atoms with Crippen LogP contribution in [0.15, 0.2) is 27.7 Å². The van der Waals surface area contributed by atoms with Gasteiger partial charge in [-0.25, -0.2) is 4.63 Å². The minimum absolute atomic E-state index is 0.230. The molecule has 9 heteroatoms. The van der Waals surface area contributed by atoms with E-state index < -0.39 is 16.2 Å². The number of aryl methyl sites for hydroxylation is 1. The Morgan fingerprint density at radius 1 is 1.41 bits per heavy atom. The molecule has 0 radical (unpaired) electrons. The van der Waals surface area contributed by atoms with Gasteiger partial charge in [0.25, 0.3) is 10.1 Å². The summed E-state index contributed by atoms with van der Waals surface area (Å²) in [6.45, 7) is 2.82. The van der Waals surface area contributed by atoms with Crippen LogP contribution in [0.1, 0.15) is 29.5 Å². The molecule has 22 heavy (non-hydrogen) atoms. The molecule has 2 N–H and O–H groups in total. The van der Waals surface area contributed by atoms with Crippen LogP contribution in [0.3, 0.4) is 0 Å². The number of nitrogens with zero attached hydrogens (tertiary/aromatic N) is 3. The monoisotopic (exact) mass is 325 g/mol. The molecule has 2 heterocycles. The summed E-state index contributed by atoms with van der Waals surface area (Å²) in [6.07, 6.45) is -0.323. The van der Waals surface area contributed by atoms with E-state index in [1.165, 1.54) is 12.1 Å². The second-order valence-corrected chi connectivity index (χ2v) is 6.64. The molecule has 118 valence electrons. The van der Waals surface area contributed by atoms with Crippen molar-refractivity contribution in [2.24, 2.45) is 0 Å². The average Bonchev–Trinajstić information content (AvgIpc) is 2.86. The van der Waals surface area contributed by atoms with Gasteiger partial charge < -0.3 is 10.0 Å². The summed E-state index contributed by atoms with van der Waals surface area (Å²) < 4.78 is 36.3. The van der Waals surface area contributed by atoms with Crippen LogP contribution in [0, 0.1) is 6.92 Å². The SMILES string of the molecule is Cc1nonc1CN1CCC(O)c2cc(S(=O)(=O)O)ccc21. The lowest BCUT2D eigenvalue weighted by atomic mass is 9.98. The zero-order valence-corrected chi connectivity index (χ0v) is 12.6. The van der Waals surface area contributed by atoms with Crippen molar-refractivity contribution in [2.75, 3.05) is 11.4 Å². The van der Waals surface area contributed by atoms with Gasteiger partial charge >= 0.3 is 0 Å². The summed E-state index contributed by atoms with van der Waals surface area (Å²) in [6, 6.07) is 4.19. The third-order valence-corrected chi connectivity index (χ3v) is 4.61. The Labute approximate surface area is 127 Å². The van der Waals surface area contributed by atoms with Crippen molar-refractivity contribution in [3.8, 4) is 0 Å². The largest absolute Gasteiger partial charge is 0.388 e. The van der Waals surface area contributed by atoms with E-state index in [0.717, 1.165) is 0 Å². The Hall–Kier alpha value is -1.97. The average molecular weight is 325 g/mol. The lowest BCUT2D eigenvalue weighted by molar-refractivity contribution is 0.163. The van der Waals surface area contributed by atoms with Crippen LogP contribution in [0.2, 0.25) is 0 Å². The van der Waals surface area contributed by atoms with Gasteiger partial charge in [-0.05, 0) is 31.5 Å². The van der Waals surface area contributed by atoms with Crippen LogP contribution in [-0.4, -0.2) is 34.9 Å². The Morgan fingerprint density at radius 2 is 2.18 bits per heavy atom. The van der Waals surface area contributed by atoms with E-state index in [0.29, 0.717) is 42.1 Å². The van der Waals surface area contributed by atoms with E-state index >= 15 is 0 Å². The molecular weight excluding hydrogens is 310 g/mol. The maximum Gasteiger partial charge on any atom is 0.294 e. The number of aromatic nitrogens is 2. The lowest BCUT2D eigenvalue weighted by Crippen LogP contribution is -2.31. The van der Waals surface area contributed by atoms with Crippen molar-refractivity contribution in [3.05, 3.63) is 35.2 Å². The van der Waals surface area contributed by atoms with Crippen LogP contribution >= 0.6 is 0 Å². The van der Waals surface area contributed by atoms with Crippen molar-refractivity contribution in [3.63, 3.8) is 0 Å². The summed E-state index contributed by atoms with van der Waals surface area (Å²) in [5, 5.41) is 17.7. The molecule has 1 unspecified atom stereocenters. The molecule has 0 amide bonds. The molecule has 3 rings (SSSR count). The first kappa shape index (κ1) is 14.9. The molecule has 0 saturated carbocycles. The van der Waals surface area contributed by atoms with Gasteiger partial charge in [0.1, 0.15) is 11.4 Å². The van der Waals surface area contributed by atoms with E-state index in [4.69, 9.17) is 4.55 Å². The summed E-state index contributed by atoms with van der Waals surface area (Å²) in [5.41, 5.74) is 2.53. The van der Waals surface area contributed by atoms with Crippen molar-refractivity contribution in [2.45, 2.75) is 30.9 Å². The van der Waals surface area contributed by atoms with Crippen LogP contribution < -0.4 is 4.90 Å². The second kappa shape index (κ2) is 5.34. The quantitative estimate of drug-likeness (QED) is 0.805. The molecule has 0 saturated heterocycles. The molecule has 1 aromatic carbocycles. The Bertz CT molecular complexity index is 802. The van der Waals surface area contributed by atoms with Gasteiger partial charge in [0.2, 0.25) is 0 Å². The number of rotatable bonds is 3. The Balaban J connectivity index is 1.98. The molecule has 1 aromatic heterocycles. The highest BCUT2D eigenvalue weighted by molar-refractivity contribution is 7.85. The minimum atomic E-state index is -4.30. The molecule has 1 aliphatic rings. The predicted molar refractivity (Wildman–Crippen MR) is 75.9 cm³/mol. The topological polar surface area (TPSA) is 117 Å². The van der Waals surface area contributed by atoms with Gasteiger partial charge in [-0.2, -0.15) is 8.42 Å². The third-order valence-electron chi connectivity index (χ3n) is 3.76. The van der Waals surface area contributed by atoms with Gasteiger partial charge in [-0.1, -0.05) is 10.3 Å². The standard InChI is InChI=1S/C13H15N3O5S/c1-8-11(15-21-14-8)7-16-5-4-13(17)10-6-9(22(18,19)20)2-3-12(10)16/h2-3,6,13,17H,4-5,7H2,1H3,(H,18,19,20). The van der Waals surface area contributed by atoms with Gasteiger partial charge in [0.05, 0.1) is 17.5 Å². The first-order valence-corrected chi connectivity index (χ1v) is 8.13. The molecule has 0 fully saturated rings. The second-order valence-electron chi connectivity index (χ2n) is 5.22. The molecule has 0 aliphatic carbocycles. The zero-order chi connectivity index (χ0) is 15.9. The van der Waals surface area contributed by atoms with Crippen molar-refractivity contribution in [1.82, 2.24) is 10.3 Å². The van der Waals surface area contributed by atoms with Gasteiger partial charge in [0, 0.05) is 17.8 Å². The Kier molecular flexibility index (Phi) is 3.63. The van der Waals surface area contributed by atoms with Gasteiger partial charge in [-0.15, -0.1) is 0 Å². The van der Waals surface area contributed by atoms with Crippen LogP contribution in [0.5, 0.6) is 0 Å². The highest BCUT2D eigenvalue weighted by atomic mass is 32.2. The molecule has 1 atom stereocenters.